The maximum atomic E-state index is 10.1. The predicted octanol–water partition coefficient (Wildman–Crippen LogP) is 2.77. The van der Waals surface area contributed by atoms with Crippen LogP contribution in [0.3, 0.4) is 0 Å². The van der Waals surface area contributed by atoms with Gasteiger partial charge >= 0.3 is 0 Å². The molecule has 0 saturated carbocycles. The molecule has 0 aromatic heterocycles. The van der Waals surface area contributed by atoms with E-state index in [0.717, 1.165) is 11.8 Å². The largest absolute Gasteiger partial charge is 0.333 e. The van der Waals surface area contributed by atoms with Gasteiger partial charge in [-0.3, -0.25) is 4.79 Å². The fraction of sp³-hybridized carbons (Fsp3) is 0.357. The molecule has 88 valence electrons. The van der Waals surface area contributed by atoms with E-state index in [0.29, 0.717) is 0 Å². The second-order valence-electron chi connectivity index (χ2n) is 4.37. The molecule has 0 bridgehead atoms. The monoisotopic (exact) mass is 219 g/mol. The topological polar surface area (TPSA) is 43.1 Å². The van der Waals surface area contributed by atoms with Crippen LogP contribution in [-0.4, -0.2) is 13.3 Å². The number of carbonyl (C=O) groups is 1. The Morgan fingerprint density at radius 1 is 1.06 bits per heavy atom. The van der Waals surface area contributed by atoms with Gasteiger partial charge in [-0.05, 0) is 29.7 Å². The highest BCUT2D eigenvalue weighted by Gasteiger charge is 2.12. The normalized spacial score (nSPS) is 10.8. The SMILES string of the molecule is CC(C)(C)c1ccc(/C=C/C=O)cc1.CN. The van der Waals surface area contributed by atoms with Gasteiger partial charge in [-0.15, -0.1) is 0 Å². The van der Waals surface area contributed by atoms with Gasteiger partial charge in [0.25, 0.3) is 0 Å². The van der Waals surface area contributed by atoms with Gasteiger partial charge in [-0.25, -0.2) is 0 Å². The summed E-state index contributed by atoms with van der Waals surface area (Å²) in [7, 11) is 1.50. The van der Waals surface area contributed by atoms with Gasteiger partial charge in [-0.2, -0.15) is 0 Å². The summed E-state index contributed by atoms with van der Waals surface area (Å²) in [4.78, 5) is 10.1. The van der Waals surface area contributed by atoms with E-state index in [-0.39, 0.29) is 5.41 Å². The van der Waals surface area contributed by atoms with Crippen LogP contribution >= 0.6 is 0 Å². The summed E-state index contributed by atoms with van der Waals surface area (Å²) in [5.74, 6) is 0. The highest BCUT2D eigenvalue weighted by atomic mass is 16.1. The zero-order chi connectivity index (χ0) is 12.6. The summed E-state index contributed by atoms with van der Waals surface area (Å²) in [6.45, 7) is 6.55. The molecule has 0 heterocycles. The van der Waals surface area contributed by atoms with Crippen LogP contribution in [0, 0.1) is 0 Å². The van der Waals surface area contributed by atoms with Crippen molar-refractivity contribution in [2.75, 3.05) is 7.05 Å². The van der Waals surface area contributed by atoms with Crippen LogP contribution < -0.4 is 5.73 Å². The molecule has 0 radical (unpaired) electrons. The molecule has 0 atom stereocenters. The standard InChI is InChI=1S/C13H16O.CH5N/c1-13(2,3)12-8-6-11(7-9-12)5-4-10-14;1-2/h4-10H,1-3H3;2H2,1H3/b5-4+;. The Balaban J connectivity index is 0.00000106. The molecule has 1 aromatic carbocycles. The second kappa shape index (κ2) is 6.96. The van der Waals surface area contributed by atoms with Gasteiger partial charge in [0.15, 0.2) is 0 Å². The maximum absolute atomic E-state index is 10.1. The van der Waals surface area contributed by atoms with Crippen LogP contribution in [0.4, 0.5) is 0 Å². The average molecular weight is 219 g/mol. The third-order valence-electron chi connectivity index (χ3n) is 2.14. The molecule has 0 aliphatic heterocycles. The van der Waals surface area contributed by atoms with Crippen LogP contribution in [0.15, 0.2) is 30.3 Å². The maximum Gasteiger partial charge on any atom is 0.142 e. The highest BCUT2D eigenvalue weighted by molar-refractivity contribution is 5.73. The molecule has 16 heavy (non-hydrogen) atoms. The number of nitrogens with two attached hydrogens (primary N) is 1. The lowest BCUT2D eigenvalue weighted by molar-refractivity contribution is -0.104. The molecule has 0 fully saturated rings. The molecule has 0 aliphatic rings. The van der Waals surface area contributed by atoms with Crippen LogP contribution in [-0.2, 0) is 10.2 Å². The van der Waals surface area contributed by atoms with Crippen molar-refractivity contribution in [1.82, 2.24) is 0 Å². The fourth-order valence-electron chi connectivity index (χ4n) is 1.24. The van der Waals surface area contributed by atoms with Gasteiger partial charge in [0.1, 0.15) is 6.29 Å². The lowest BCUT2D eigenvalue weighted by atomic mass is 9.87. The molecule has 0 saturated heterocycles. The van der Waals surface area contributed by atoms with Crippen molar-refractivity contribution in [3.63, 3.8) is 0 Å². The quantitative estimate of drug-likeness (QED) is 0.614. The minimum absolute atomic E-state index is 0.187. The Labute approximate surface area is 98.2 Å². The van der Waals surface area contributed by atoms with Gasteiger partial charge < -0.3 is 5.73 Å². The molecule has 1 aromatic rings. The molecular weight excluding hydrogens is 198 g/mol. The van der Waals surface area contributed by atoms with E-state index in [2.05, 4.69) is 38.6 Å². The molecule has 2 heteroatoms. The molecule has 0 aliphatic carbocycles. The van der Waals surface area contributed by atoms with Gasteiger partial charge in [-0.1, -0.05) is 51.1 Å². The molecule has 0 unspecified atom stereocenters. The molecule has 2 nitrogen and oxygen atoms in total. The molecule has 2 N–H and O–H groups in total. The second-order valence-corrected chi connectivity index (χ2v) is 4.37. The predicted molar refractivity (Wildman–Crippen MR) is 70.4 cm³/mol. The zero-order valence-electron chi connectivity index (χ0n) is 10.5. The molecule has 0 amide bonds. The fourth-order valence-corrected chi connectivity index (χ4v) is 1.24. The summed E-state index contributed by atoms with van der Waals surface area (Å²) in [5.41, 5.74) is 7.05. The number of rotatable bonds is 2. The Morgan fingerprint density at radius 3 is 1.94 bits per heavy atom. The van der Waals surface area contributed by atoms with Gasteiger partial charge in [0, 0.05) is 0 Å². The smallest absolute Gasteiger partial charge is 0.142 e. The van der Waals surface area contributed by atoms with Crippen molar-refractivity contribution in [2.45, 2.75) is 26.2 Å². The first-order valence-corrected chi connectivity index (χ1v) is 5.34. The lowest BCUT2D eigenvalue weighted by Gasteiger charge is -2.18. The minimum Gasteiger partial charge on any atom is -0.333 e. The summed E-state index contributed by atoms with van der Waals surface area (Å²) in [5, 5.41) is 0. The Morgan fingerprint density at radius 2 is 1.56 bits per heavy atom. The van der Waals surface area contributed by atoms with E-state index in [1.807, 2.05) is 12.1 Å². The van der Waals surface area contributed by atoms with Crippen molar-refractivity contribution in [3.05, 3.63) is 41.5 Å². The van der Waals surface area contributed by atoms with E-state index in [9.17, 15) is 4.79 Å². The van der Waals surface area contributed by atoms with Crippen molar-refractivity contribution in [2.24, 2.45) is 5.73 Å². The van der Waals surface area contributed by atoms with E-state index in [4.69, 9.17) is 0 Å². The van der Waals surface area contributed by atoms with Crippen LogP contribution in [0.1, 0.15) is 31.9 Å². The zero-order valence-corrected chi connectivity index (χ0v) is 10.5. The van der Waals surface area contributed by atoms with Gasteiger partial charge in [0.2, 0.25) is 0 Å². The third-order valence-corrected chi connectivity index (χ3v) is 2.14. The Bertz CT molecular complexity index is 331. The molecule has 1 rings (SSSR count). The Kier molecular flexibility index (Phi) is 6.35. The van der Waals surface area contributed by atoms with Crippen LogP contribution in [0.5, 0.6) is 0 Å². The van der Waals surface area contributed by atoms with Crippen LogP contribution in [0.25, 0.3) is 6.08 Å². The summed E-state index contributed by atoms with van der Waals surface area (Å²) in [6.07, 6.45) is 4.10. The lowest BCUT2D eigenvalue weighted by Crippen LogP contribution is -2.10. The van der Waals surface area contributed by atoms with E-state index in [1.54, 1.807) is 6.08 Å². The van der Waals surface area contributed by atoms with E-state index in [1.165, 1.54) is 18.7 Å². The van der Waals surface area contributed by atoms with E-state index >= 15 is 0 Å². The number of hydrogen-bond acceptors (Lipinski definition) is 2. The van der Waals surface area contributed by atoms with E-state index < -0.39 is 0 Å². The first-order chi connectivity index (χ1) is 7.54. The highest BCUT2D eigenvalue weighted by Crippen LogP contribution is 2.22. The van der Waals surface area contributed by atoms with Crippen molar-refractivity contribution >= 4 is 12.4 Å². The average Bonchev–Trinajstić information content (AvgIpc) is 2.28. The summed E-state index contributed by atoms with van der Waals surface area (Å²) >= 11 is 0. The number of aldehydes is 1. The van der Waals surface area contributed by atoms with Crippen LogP contribution in [0.2, 0.25) is 0 Å². The van der Waals surface area contributed by atoms with Gasteiger partial charge in [0.05, 0.1) is 0 Å². The molecular formula is C14H21NO. The number of allylic oxidation sites excluding steroid dienone is 1. The minimum atomic E-state index is 0.187. The summed E-state index contributed by atoms with van der Waals surface area (Å²) in [6, 6.07) is 8.26. The first kappa shape index (κ1) is 14.6. The molecule has 0 spiro atoms. The summed E-state index contributed by atoms with van der Waals surface area (Å²) < 4.78 is 0. The number of carbonyl (C=O) groups excluding carboxylic acids is 1. The number of benzene rings is 1. The Hall–Kier alpha value is -1.41. The number of hydrogen-bond donors (Lipinski definition) is 1. The van der Waals surface area contributed by atoms with Crippen molar-refractivity contribution < 1.29 is 4.79 Å². The van der Waals surface area contributed by atoms with Crippen molar-refractivity contribution in [1.29, 1.82) is 0 Å². The van der Waals surface area contributed by atoms with Crippen molar-refractivity contribution in [3.8, 4) is 0 Å². The first-order valence-electron chi connectivity index (χ1n) is 5.34. The third kappa shape index (κ3) is 4.89.